The van der Waals surface area contributed by atoms with Crippen molar-refractivity contribution in [3.05, 3.63) is 76.3 Å². The van der Waals surface area contributed by atoms with Crippen molar-refractivity contribution in [2.24, 2.45) is 0 Å². The highest BCUT2D eigenvalue weighted by Crippen LogP contribution is 2.29. The second-order valence-corrected chi connectivity index (χ2v) is 7.39. The van der Waals surface area contributed by atoms with Crippen molar-refractivity contribution in [1.29, 1.82) is 0 Å². The van der Waals surface area contributed by atoms with E-state index >= 15 is 0 Å². The number of aliphatic hydroxyl groups excluding tert-OH is 2. The molecule has 3 aromatic rings. The van der Waals surface area contributed by atoms with Crippen LogP contribution in [0.25, 0.3) is 15.8 Å². The fourth-order valence-electron chi connectivity index (χ4n) is 2.83. The molecule has 0 aliphatic heterocycles. The lowest BCUT2D eigenvalue weighted by molar-refractivity contribution is 0.0740. The second-order valence-electron chi connectivity index (χ2n) is 6.22. The number of benzene rings is 2. The third-order valence-corrected chi connectivity index (χ3v) is 5.41. The molecule has 3 rings (SSSR count). The maximum atomic E-state index is 14.4. The van der Waals surface area contributed by atoms with Gasteiger partial charge in [0.2, 0.25) is 5.76 Å². The summed E-state index contributed by atoms with van der Waals surface area (Å²) in [6, 6.07) is 14.2. The predicted octanol–water partition coefficient (Wildman–Crippen LogP) is 5.16. The van der Waals surface area contributed by atoms with Gasteiger partial charge < -0.3 is 20.1 Å². The zero-order chi connectivity index (χ0) is 19.4. The number of thiophene rings is 1. The van der Waals surface area contributed by atoms with Gasteiger partial charge in [-0.05, 0) is 47.7 Å². The molecule has 0 saturated carbocycles. The smallest absolute Gasteiger partial charge is 0.319 e. The van der Waals surface area contributed by atoms with Gasteiger partial charge in [-0.25, -0.2) is 4.39 Å². The first-order valence-electron chi connectivity index (χ1n) is 8.67. The number of fused-ring (bicyclic) bond motifs is 1. The first kappa shape index (κ1) is 19.2. The molecular weight excluding hydrogens is 367 g/mol. The van der Waals surface area contributed by atoms with Crippen molar-refractivity contribution in [1.82, 2.24) is 0 Å². The molecule has 0 spiro atoms. The van der Waals surface area contributed by atoms with Gasteiger partial charge in [-0.2, -0.15) is 0 Å². The van der Waals surface area contributed by atoms with Crippen LogP contribution in [-0.4, -0.2) is 28.0 Å². The van der Waals surface area contributed by atoms with Gasteiger partial charge in [0, 0.05) is 21.6 Å². The van der Waals surface area contributed by atoms with Crippen molar-refractivity contribution >= 4 is 27.2 Å². The molecule has 142 valence electrons. The number of rotatable bonds is 7. The molecule has 6 heteroatoms. The van der Waals surface area contributed by atoms with Crippen molar-refractivity contribution in [2.45, 2.75) is 25.9 Å². The summed E-state index contributed by atoms with van der Waals surface area (Å²) < 4.78 is 21.0. The third kappa shape index (κ3) is 4.40. The Morgan fingerprint density at radius 2 is 1.93 bits per heavy atom. The zero-order valence-corrected chi connectivity index (χ0v) is 15.7. The number of hydrogen-bond acceptors (Lipinski definition) is 5. The zero-order valence-electron chi connectivity index (χ0n) is 14.9. The average Bonchev–Trinajstić information content (AvgIpc) is 3.07. The van der Waals surface area contributed by atoms with Crippen molar-refractivity contribution in [3.63, 3.8) is 0 Å². The van der Waals surface area contributed by atoms with Crippen LogP contribution >= 0.6 is 11.3 Å². The number of halogens is 1. The number of ether oxygens (including phenoxy) is 1. The minimum Gasteiger partial charge on any atom is -0.480 e. The summed E-state index contributed by atoms with van der Waals surface area (Å²) in [6.45, 7) is 1.55. The van der Waals surface area contributed by atoms with Crippen LogP contribution in [0.5, 0.6) is 0 Å². The van der Waals surface area contributed by atoms with Gasteiger partial charge in [-0.1, -0.05) is 25.1 Å². The van der Waals surface area contributed by atoms with Gasteiger partial charge in [0.25, 0.3) is 0 Å². The molecule has 1 atom stereocenters. The molecule has 1 aromatic heterocycles. The van der Waals surface area contributed by atoms with E-state index in [-0.39, 0.29) is 18.2 Å². The molecule has 27 heavy (non-hydrogen) atoms. The molecular formula is C21H21FO4S. The predicted molar refractivity (Wildman–Crippen MR) is 105 cm³/mol. The maximum absolute atomic E-state index is 14.4. The summed E-state index contributed by atoms with van der Waals surface area (Å²) in [5.74, 6) is -1.54. The van der Waals surface area contributed by atoms with E-state index in [2.05, 4.69) is 0 Å². The fraction of sp³-hybridized carbons (Fsp3) is 0.238. The Labute approximate surface area is 160 Å². The molecule has 0 fully saturated rings. The largest absolute Gasteiger partial charge is 0.480 e. The average molecular weight is 388 g/mol. The molecule has 1 heterocycles. The fourth-order valence-corrected chi connectivity index (χ4v) is 3.92. The highest BCUT2D eigenvalue weighted by atomic mass is 32.1. The van der Waals surface area contributed by atoms with Crippen LogP contribution in [0, 0.1) is 5.82 Å². The number of aliphatic hydroxyl groups is 3. The minimum atomic E-state index is -0.999. The lowest BCUT2D eigenvalue weighted by Gasteiger charge is -2.18. The number of hydrogen-bond donors (Lipinski definition) is 3. The Morgan fingerprint density at radius 1 is 1.15 bits per heavy atom. The molecule has 1 unspecified atom stereocenters. The van der Waals surface area contributed by atoms with Crippen molar-refractivity contribution < 1.29 is 24.4 Å². The van der Waals surface area contributed by atoms with Crippen molar-refractivity contribution in [2.75, 3.05) is 6.61 Å². The first-order valence-corrected chi connectivity index (χ1v) is 9.49. The summed E-state index contributed by atoms with van der Waals surface area (Å²) in [5.41, 5.74) is 0.776. The van der Waals surface area contributed by atoms with Gasteiger partial charge in [-0.3, -0.25) is 0 Å². The Balaban J connectivity index is 1.92. The van der Waals surface area contributed by atoms with Crippen molar-refractivity contribution in [3.8, 4) is 0 Å². The van der Waals surface area contributed by atoms with Crippen LogP contribution in [0.15, 0.2) is 54.5 Å². The highest BCUT2D eigenvalue weighted by Gasteiger charge is 2.18. The lowest BCUT2D eigenvalue weighted by atomic mass is 10.0. The van der Waals surface area contributed by atoms with Gasteiger partial charge in [0.1, 0.15) is 11.9 Å². The van der Waals surface area contributed by atoms with E-state index in [1.807, 2.05) is 37.3 Å². The molecule has 2 aromatic carbocycles. The van der Waals surface area contributed by atoms with Crippen LogP contribution in [0.4, 0.5) is 4.39 Å². The molecule has 3 N–H and O–H groups in total. The highest BCUT2D eigenvalue weighted by molar-refractivity contribution is 7.19. The lowest BCUT2D eigenvalue weighted by Crippen LogP contribution is -2.16. The molecule has 0 bridgehead atoms. The summed E-state index contributed by atoms with van der Waals surface area (Å²) in [5, 5.41) is 29.6. The standard InChI is InChI=1S/C21H21FO4S/c1-2-16(12-23)26-20(21(24)25)14-7-8-18(22)15(9-14)11-17-10-13-5-3-4-6-19(13)27-17/h3-10,16,23-25H,2,11-12H2,1H3. The van der Waals surface area contributed by atoms with Crippen LogP contribution in [0.3, 0.4) is 0 Å². The molecule has 0 saturated heterocycles. The Bertz CT molecular complexity index is 923. The summed E-state index contributed by atoms with van der Waals surface area (Å²) in [6.07, 6.45) is 0.295. The van der Waals surface area contributed by atoms with E-state index in [1.54, 1.807) is 17.4 Å². The second kappa shape index (κ2) is 8.41. The summed E-state index contributed by atoms with van der Waals surface area (Å²) in [7, 11) is 0. The summed E-state index contributed by atoms with van der Waals surface area (Å²) in [4.78, 5) is 1.01. The Kier molecular flexibility index (Phi) is 5.98. The Hall–Kier alpha value is -2.57. The molecule has 0 amide bonds. The van der Waals surface area contributed by atoms with E-state index in [1.165, 1.54) is 12.1 Å². The quantitative estimate of drug-likeness (QED) is 0.489. The maximum Gasteiger partial charge on any atom is 0.319 e. The van der Waals surface area contributed by atoms with Gasteiger partial charge in [0.05, 0.1) is 6.61 Å². The van der Waals surface area contributed by atoms with Crippen LogP contribution in [0.2, 0.25) is 0 Å². The van der Waals surface area contributed by atoms with E-state index < -0.39 is 12.0 Å². The van der Waals surface area contributed by atoms with Crippen LogP contribution < -0.4 is 0 Å². The minimum absolute atomic E-state index is 0.173. The van der Waals surface area contributed by atoms with E-state index in [4.69, 9.17) is 4.74 Å². The molecule has 0 aliphatic rings. The van der Waals surface area contributed by atoms with Gasteiger partial charge in [0.15, 0.2) is 0 Å². The van der Waals surface area contributed by atoms with E-state index in [9.17, 15) is 19.7 Å². The summed E-state index contributed by atoms with van der Waals surface area (Å²) >= 11 is 1.60. The Morgan fingerprint density at radius 3 is 2.59 bits per heavy atom. The third-order valence-electron chi connectivity index (χ3n) is 4.30. The SMILES string of the molecule is CCC(CO)OC(=C(O)O)c1ccc(F)c(Cc2cc3ccccc3s2)c1. The normalized spacial score (nSPS) is 12.1. The molecule has 4 nitrogen and oxygen atoms in total. The van der Waals surface area contributed by atoms with E-state index in [0.29, 0.717) is 24.0 Å². The molecule has 0 aliphatic carbocycles. The van der Waals surface area contributed by atoms with E-state index in [0.717, 1.165) is 15.0 Å². The van der Waals surface area contributed by atoms with Crippen LogP contribution in [0.1, 0.15) is 29.3 Å². The topological polar surface area (TPSA) is 69.9 Å². The van der Waals surface area contributed by atoms with Gasteiger partial charge >= 0.3 is 5.95 Å². The van der Waals surface area contributed by atoms with Gasteiger partial charge in [-0.15, -0.1) is 11.3 Å². The first-order chi connectivity index (χ1) is 13.0. The monoisotopic (exact) mass is 388 g/mol. The van der Waals surface area contributed by atoms with Crippen LogP contribution in [-0.2, 0) is 11.2 Å². The molecule has 0 radical (unpaired) electrons.